The van der Waals surface area contributed by atoms with Gasteiger partial charge in [0.15, 0.2) is 0 Å². The Balaban J connectivity index is -0.000000207. The molecule has 1 aromatic rings. The molecule has 0 saturated heterocycles. The number of benzene rings is 1. The van der Waals surface area contributed by atoms with E-state index in [1.165, 1.54) is 0 Å². The van der Waals surface area contributed by atoms with E-state index in [1.54, 1.807) is 0 Å². The van der Waals surface area contributed by atoms with Gasteiger partial charge in [0.2, 0.25) is 0 Å². The van der Waals surface area contributed by atoms with Gasteiger partial charge >= 0.3 is 0 Å². The zero-order chi connectivity index (χ0) is 17.7. The maximum atomic E-state index is 9.19. The predicted molar refractivity (Wildman–Crippen MR) is 78.9 cm³/mol. The summed E-state index contributed by atoms with van der Waals surface area (Å²) >= 11 is 0. The van der Waals surface area contributed by atoms with Gasteiger partial charge in [0.1, 0.15) is 0 Å². The maximum absolute atomic E-state index is 9.19. The summed E-state index contributed by atoms with van der Waals surface area (Å²) in [6.07, 6.45) is 2.15. The molecule has 0 aliphatic carbocycles. The summed E-state index contributed by atoms with van der Waals surface area (Å²) in [5.74, 6) is 0. The lowest BCUT2D eigenvalue weighted by molar-refractivity contribution is 0.488. The second kappa shape index (κ2) is 11.6. The van der Waals surface area contributed by atoms with Crippen LogP contribution in [0.25, 0.3) is 0 Å². The summed E-state index contributed by atoms with van der Waals surface area (Å²) in [6, 6.07) is 12.0. The lowest BCUT2D eigenvalue weighted by atomic mass is 10.4. The smallest absolute Gasteiger partial charge is 0.261 e. The Kier molecular flexibility index (Phi) is 13.8. The molecular weight excluding hydrogens is 348 g/mol. The van der Waals surface area contributed by atoms with Crippen LogP contribution in [0.2, 0.25) is 0 Å². The number of hydrogen-bond donors (Lipinski definition) is 3. The fourth-order valence-electron chi connectivity index (χ4n) is 0.385. The Labute approximate surface area is 124 Å². The molecule has 0 radical (unpaired) electrons. The summed E-state index contributed by atoms with van der Waals surface area (Å²) in [5.41, 5.74) is 0. The average Bonchev–Trinajstić information content (AvgIpc) is 2.12. The van der Waals surface area contributed by atoms with Crippen LogP contribution in [-0.2, 0) is 30.4 Å². The second-order valence-electron chi connectivity index (χ2n) is 3.35. The molecule has 3 N–H and O–H groups in total. The molecule has 0 atom stereocenters. The van der Waals surface area contributed by atoms with E-state index < -0.39 is 30.4 Å². The van der Waals surface area contributed by atoms with Gasteiger partial charge in [-0.2, -0.15) is 25.3 Å². The average molecular weight is 366 g/mol. The van der Waals surface area contributed by atoms with Gasteiger partial charge in [-0.1, -0.05) is 36.4 Å². The summed E-state index contributed by atoms with van der Waals surface area (Å²) in [7, 11) is -11.0. The molecule has 0 saturated carbocycles. The fourth-order valence-corrected chi connectivity index (χ4v) is 0.385. The molecule has 0 spiro atoms. The molecule has 1 aromatic carbocycles. The van der Waals surface area contributed by atoms with Crippen molar-refractivity contribution in [1.29, 1.82) is 0 Å². The Morgan fingerprint density at radius 1 is 0.476 bits per heavy atom. The Hall–Kier alpha value is -1.05. The molecule has 0 unspecified atom stereocenters. The van der Waals surface area contributed by atoms with E-state index in [2.05, 4.69) is 0 Å². The Morgan fingerprint density at radius 3 is 0.571 bits per heavy atom. The van der Waals surface area contributed by atoms with Crippen molar-refractivity contribution in [2.75, 3.05) is 18.8 Å². The summed E-state index contributed by atoms with van der Waals surface area (Å²) < 4.78 is 77.6. The molecule has 1 rings (SSSR count). The first kappa shape index (κ1) is 24.9. The summed E-state index contributed by atoms with van der Waals surface area (Å²) in [6.45, 7) is 0. The first-order valence-corrected chi connectivity index (χ1v) is 10.3. The van der Waals surface area contributed by atoms with E-state index in [1.807, 2.05) is 36.4 Å². The van der Waals surface area contributed by atoms with Crippen LogP contribution in [0, 0.1) is 0 Å². The van der Waals surface area contributed by atoms with Crippen LogP contribution in [-0.4, -0.2) is 57.7 Å². The molecule has 0 aliphatic rings. The lowest BCUT2D eigenvalue weighted by Gasteiger charge is -1.69. The van der Waals surface area contributed by atoms with Crippen LogP contribution in [0.15, 0.2) is 36.4 Å². The molecule has 0 fully saturated rings. The lowest BCUT2D eigenvalue weighted by Crippen LogP contribution is -1.88. The molecule has 0 amide bonds. The fraction of sp³-hybridized carbons (Fsp3) is 0.333. The van der Waals surface area contributed by atoms with Crippen LogP contribution < -0.4 is 0 Å². The quantitative estimate of drug-likeness (QED) is 0.544. The molecule has 126 valence electrons. The zero-order valence-electron chi connectivity index (χ0n) is 11.5. The van der Waals surface area contributed by atoms with Crippen molar-refractivity contribution in [3.8, 4) is 0 Å². The van der Waals surface area contributed by atoms with Crippen molar-refractivity contribution < 1.29 is 38.9 Å². The highest BCUT2D eigenvalue weighted by Gasteiger charge is 1.82. The van der Waals surface area contributed by atoms with Gasteiger partial charge in [0.25, 0.3) is 30.4 Å². The van der Waals surface area contributed by atoms with E-state index in [0.717, 1.165) is 0 Å². The summed E-state index contributed by atoms with van der Waals surface area (Å²) in [4.78, 5) is 0. The topological polar surface area (TPSA) is 163 Å². The Bertz CT molecular complexity index is 524. The molecular formula is C9H18O9S3. The van der Waals surface area contributed by atoms with Crippen molar-refractivity contribution in [1.82, 2.24) is 0 Å². The van der Waals surface area contributed by atoms with Crippen molar-refractivity contribution in [3.05, 3.63) is 36.4 Å². The second-order valence-corrected chi connectivity index (χ2v) is 7.75. The first-order chi connectivity index (χ1) is 9.00. The molecule has 0 bridgehead atoms. The van der Waals surface area contributed by atoms with Gasteiger partial charge in [0, 0.05) is 0 Å². The minimum atomic E-state index is -3.67. The third-order valence-electron chi connectivity index (χ3n) is 0.667. The minimum absolute atomic E-state index is 0.715. The van der Waals surface area contributed by atoms with Gasteiger partial charge < -0.3 is 0 Å². The van der Waals surface area contributed by atoms with Crippen molar-refractivity contribution >= 4 is 30.4 Å². The maximum Gasteiger partial charge on any atom is 0.261 e. The van der Waals surface area contributed by atoms with E-state index in [0.29, 0.717) is 18.8 Å². The normalized spacial score (nSPS) is 10.6. The van der Waals surface area contributed by atoms with E-state index in [4.69, 9.17) is 13.7 Å². The highest BCUT2D eigenvalue weighted by Crippen LogP contribution is 1.79. The highest BCUT2D eigenvalue weighted by molar-refractivity contribution is 7.85. The predicted octanol–water partition coefficient (Wildman–Crippen LogP) is 0.199. The standard InChI is InChI=1S/C6H6.3CH4O3S/c1-2-4-6-5-3-1;3*1-5(2,3)4/h1-6H;3*1H3,(H,2,3,4). The van der Waals surface area contributed by atoms with Crippen molar-refractivity contribution in [2.24, 2.45) is 0 Å². The molecule has 12 heteroatoms. The van der Waals surface area contributed by atoms with Crippen molar-refractivity contribution in [2.45, 2.75) is 0 Å². The van der Waals surface area contributed by atoms with Crippen LogP contribution in [0.1, 0.15) is 0 Å². The van der Waals surface area contributed by atoms with E-state index in [-0.39, 0.29) is 0 Å². The van der Waals surface area contributed by atoms with Crippen LogP contribution >= 0.6 is 0 Å². The monoisotopic (exact) mass is 366 g/mol. The van der Waals surface area contributed by atoms with Gasteiger partial charge in [0.05, 0.1) is 18.8 Å². The SMILES string of the molecule is CS(=O)(=O)O.CS(=O)(=O)O.CS(=O)(=O)O.c1ccccc1. The first-order valence-electron chi connectivity index (χ1n) is 4.77. The van der Waals surface area contributed by atoms with Gasteiger partial charge in [-0.05, 0) is 0 Å². The van der Waals surface area contributed by atoms with Crippen LogP contribution in [0.5, 0.6) is 0 Å². The van der Waals surface area contributed by atoms with Crippen LogP contribution in [0.4, 0.5) is 0 Å². The number of hydrogen-bond acceptors (Lipinski definition) is 6. The molecule has 0 aliphatic heterocycles. The van der Waals surface area contributed by atoms with Gasteiger partial charge in [-0.3, -0.25) is 13.7 Å². The van der Waals surface area contributed by atoms with E-state index in [9.17, 15) is 25.3 Å². The van der Waals surface area contributed by atoms with Crippen molar-refractivity contribution in [3.63, 3.8) is 0 Å². The molecule has 21 heavy (non-hydrogen) atoms. The molecule has 0 heterocycles. The highest BCUT2D eigenvalue weighted by atomic mass is 32.2. The summed E-state index contributed by atoms with van der Waals surface area (Å²) in [5, 5.41) is 0. The molecule has 9 nitrogen and oxygen atoms in total. The van der Waals surface area contributed by atoms with Crippen LogP contribution in [0.3, 0.4) is 0 Å². The third kappa shape index (κ3) is 222. The minimum Gasteiger partial charge on any atom is -0.286 e. The largest absolute Gasteiger partial charge is 0.286 e. The van der Waals surface area contributed by atoms with E-state index >= 15 is 0 Å². The molecule has 0 aromatic heterocycles. The zero-order valence-corrected chi connectivity index (χ0v) is 13.9. The Morgan fingerprint density at radius 2 is 0.524 bits per heavy atom. The van der Waals surface area contributed by atoms with Gasteiger partial charge in [-0.15, -0.1) is 0 Å². The van der Waals surface area contributed by atoms with Gasteiger partial charge in [-0.25, -0.2) is 0 Å². The number of rotatable bonds is 0. The third-order valence-corrected chi connectivity index (χ3v) is 0.667.